The molecule has 0 saturated heterocycles. The molecule has 0 radical (unpaired) electrons. The van der Waals surface area contributed by atoms with E-state index in [2.05, 4.69) is 6.08 Å². The summed E-state index contributed by atoms with van der Waals surface area (Å²) in [7, 11) is 1.64. The van der Waals surface area contributed by atoms with Crippen LogP contribution >= 0.6 is 0 Å². The second kappa shape index (κ2) is 8.06. The lowest BCUT2D eigenvalue weighted by Crippen LogP contribution is -2.34. The Kier molecular flexibility index (Phi) is 4.85. The molecule has 0 N–H and O–H groups in total. The summed E-state index contributed by atoms with van der Waals surface area (Å²) in [5, 5.41) is 2.76. The van der Waals surface area contributed by atoms with Crippen molar-refractivity contribution in [1.82, 2.24) is 0 Å². The van der Waals surface area contributed by atoms with Crippen molar-refractivity contribution in [3.05, 3.63) is 108 Å². The Hall–Kier alpha value is -4.51. The van der Waals surface area contributed by atoms with Gasteiger partial charge >= 0.3 is 5.97 Å². The lowest BCUT2D eigenvalue weighted by molar-refractivity contribution is -0.131. The highest BCUT2D eigenvalue weighted by molar-refractivity contribution is 5.99. The van der Waals surface area contributed by atoms with Gasteiger partial charge in [-0.3, -0.25) is 4.79 Å². The molecular formula is C30H22O5. The van der Waals surface area contributed by atoms with Crippen molar-refractivity contribution in [3.63, 3.8) is 0 Å². The molecule has 35 heavy (non-hydrogen) atoms. The molecule has 0 aliphatic carbocycles. The van der Waals surface area contributed by atoms with Crippen molar-refractivity contribution >= 4 is 33.8 Å². The number of methoxy groups -OCH3 is 1. The number of ether oxygens (including phenoxy) is 3. The molecule has 1 unspecified atom stereocenters. The van der Waals surface area contributed by atoms with Gasteiger partial charge < -0.3 is 18.6 Å². The van der Waals surface area contributed by atoms with Crippen molar-refractivity contribution in [3.8, 4) is 17.2 Å². The van der Waals surface area contributed by atoms with E-state index in [9.17, 15) is 4.79 Å². The normalized spacial score (nSPS) is 16.6. The van der Waals surface area contributed by atoms with E-state index in [0.717, 1.165) is 38.6 Å². The molecule has 0 fully saturated rings. The van der Waals surface area contributed by atoms with Gasteiger partial charge in [0.15, 0.2) is 5.76 Å². The molecule has 1 aliphatic heterocycles. The van der Waals surface area contributed by atoms with Gasteiger partial charge in [-0.05, 0) is 41.8 Å². The van der Waals surface area contributed by atoms with Crippen LogP contribution in [0.15, 0.2) is 95.4 Å². The lowest BCUT2D eigenvalue weighted by Gasteiger charge is -2.34. The topological polar surface area (TPSA) is 57.9 Å². The molecule has 0 bridgehead atoms. The van der Waals surface area contributed by atoms with Gasteiger partial charge in [-0.2, -0.15) is 0 Å². The first kappa shape index (κ1) is 21.1. The minimum absolute atomic E-state index is 0.389. The van der Waals surface area contributed by atoms with Crippen LogP contribution in [0.25, 0.3) is 27.8 Å². The van der Waals surface area contributed by atoms with Crippen molar-refractivity contribution in [2.75, 3.05) is 7.11 Å². The first-order valence-corrected chi connectivity index (χ1v) is 11.3. The monoisotopic (exact) mass is 462 g/mol. The Bertz CT molecular complexity index is 1580. The van der Waals surface area contributed by atoms with Crippen LogP contribution in [-0.2, 0) is 10.4 Å². The summed E-state index contributed by atoms with van der Waals surface area (Å²) >= 11 is 0. The largest absolute Gasteiger partial charge is 0.497 e. The van der Waals surface area contributed by atoms with E-state index in [1.807, 2.05) is 84.9 Å². The maximum atomic E-state index is 11.9. The number of benzene rings is 4. The van der Waals surface area contributed by atoms with Crippen LogP contribution in [0.3, 0.4) is 0 Å². The standard InChI is InChI=1S/C30H22O5/c1-19(31)33-27-18-28-25(23-8-4-5-9-24(23)27)15-16-30(35-28,21-11-13-22(32-2)14-12-21)29-17-20-7-3-6-10-26(20)34-29/h3-18H,1-2H3. The Morgan fingerprint density at radius 1 is 0.886 bits per heavy atom. The van der Waals surface area contributed by atoms with Crippen LogP contribution < -0.4 is 14.2 Å². The van der Waals surface area contributed by atoms with E-state index in [4.69, 9.17) is 18.6 Å². The second-order valence-electron chi connectivity index (χ2n) is 8.47. The molecule has 5 aromatic rings. The average Bonchev–Trinajstić information content (AvgIpc) is 3.33. The number of esters is 1. The Labute approximate surface area is 202 Å². The van der Waals surface area contributed by atoms with Crippen LogP contribution in [0.5, 0.6) is 17.2 Å². The van der Waals surface area contributed by atoms with E-state index in [0.29, 0.717) is 17.3 Å². The first-order valence-electron chi connectivity index (χ1n) is 11.3. The van der Waals surface area contributed by atoms with Gasteiger partial charge in [-0.1, -0.05) is 54.6 Å². The van der Waals surface area contributed by atoms with E-state index in [1.54, 1.807) is 13.2 Å². The SMILES string of the molecule is COc1ccc(C2(c3cc4ccccc4o3)C=Cc3c(cc(OC(C)=O)c4ccccc34)O2)cc1. The number of hydrogen-bond donors (Lipinski definition) is 0. The van der Waals surface area contributed by atoms with E-state index >= 15 is 0 Å². The van der Waals surface area contributed by atoms with Crippen molar-refractivity contribution < 1.29 is 23.4 Å². The van der Waals surface area contributed by atoms with Crippen LogP contribution in [0.2, 0.25) is 0 Å². The molecule has 4 aromatic carbocycles. The number of carbonyl (C=O) groups is 1. The third-order valence-corrected chi connectivity index (χ3v) is 6.33. The number of hydrogen-bond acceptors (Lipinski definition) is 5. The van der Waals surface area contributed by atoms with Crippen molar-refractivity contribution in [2.45, 2.75) is 12.5 Å². The summed E-state index contributed by atoms with van der Waals surface area (Å²) in [6, 6.07) is 27.2. The highest BCUT2D eigenvalue weighted by Gasteiger charge is 2.41. The lowest BCUT2D eigenvalue weighted by atomic mass is 9.86. The summed E-state index contributed by atoms with van der Waals surface area (Å²) in [6.07, 6.45) is 4.07. The third-order valence-electron chi connectivity index (χ3n) is 6.33. The zero-order valence-electron chi connectivity index (χ0n) is 19.3. The van der Waals surface area contributed by atoms with Crippen molar-refractivity contribution in [1.29, 1.82) is 0 Å². The molecule has 172 valence electrons. The quantitative estimate of drug-likeness (QED) is 0.215. The number of fused-ring (bicyclic) bond motifs is 4. The minimum atomic E-state index is -1.03. The number of carbonyl (C=O) groups excluding carboxylic acids is 1. The molecular weight excluding hydrogens is 440 g/mol. The van der Waals surface area contributed by atoms with Gasteiger partial charge in [0.1, 0.15) is 22.8 Å². The Morgan fingerprint density at radius 2 is 1.63 bits per heavy atom. The van der Waals surface area contributed by atoms with E-state index in [-0.39, 0.29) is 5.97 Å². The van der Waals surface area contributed by atoms with E-state index in [1.165, 1.54) is 6.92 Å². The maximum absolute atomic E-state index is 11.9. The average molecular weight is 463 g/mol. The maximum Gasteiger partial charge on any atom is 0.308 e. The molecule has 0 amide bonds. The molecule has 1 aromatic heterocycles. The zero-order chi connectivity index (χ0) is 24.0. The highest BCUT2D eigenvalue weighted by atomic mass is 16.5. The van der Waals surface area contributed by atoms with Gasteiger partial charge in [0, 0.05) is 34.9 Å². The number of rotatable bonds is 4. The predicted octanol–water partition coefficient (Wildman–Crippen LogP) is 6.87. The molecule has 5 nitrogen and oxygen atoms in total. The summed E-state index contributed by atoms with van der Waals surface area (Å²) in [5.74, 6) is 2.05. The van der Waals surface area contributed by atoms with Gasteiger partial charge in [0.05, 0.1) is 7.11 Å². The number of para-hydroxylation sites is 1. The Morgan fingerprint density at radius 3 is 2.37 bits per heavy atom. The second-order valence-corrected chi connectivity index (χ2v) is 8.47. The fraction of sp³-hybridized carbons (Fsp3) is 0.100. The van der Waals surface area contributed by atoms with E-state index < -0.39 is 5.60 Å². The summed E-state index contributed by atoms with van der Waals surface area (Å²) in [5.41, 5.74) is 1.53. The molecule has 2 heterocycles. The molecule has 1 aliphatic rings. The highest BCUT2D eigenvalue weighted by Crippen LogP contribution is 2.47. The summed E-state index contributed by atoms with van der Waals surface area (Å²) in [4.78, 5) is 11.9. The predicted molar refractivity (Wildman–Crippen MR) is 135 cm³/mol. The van der Waals surface area contributed by atoms with Crippen LogP contribution in [0.4, 0.5) is 0 Å². The summed E-state index contributed by atoms with van der Waals surface area (Å²) < 4.78 is 24.1. The van der Waals surface area contributed by atoms with Gasteiger partial charge in [-0.25, -0.2) is 0 Å². The van der Waals surface area contributed by atoms with Gasteiger partial charge in [-0.15, -0.1) is 0 Å². The summed E-state index contributed by atoms with van der Waals surface area (Å²) in [6.45, 7) is 1.39. The fourth-order valence-electron chi connectivity index (χ4n) is 4.68. The smallest absolute Gasteiger partial charge is 0.308 e. The minimum Gasteiger partial charge on any atom is -0.497 e. The Balaban J connectivity index is 1.59. The van der Waals surface area contributed by atoms with Gasteiger partial charge in [0.25, 0.3) is 0 Å². The van der Waals surface area contributed by atoms with Crippen LogP contribution in [0.1, 0.15) is 23.8 Å². The molecule has 0 spiro atoms. The molecule has 0 saturated carbocycles. The number of furan rings is 1. The van der Waals surface area contributed by atoms with Gasteiger partial charge in [0.2, 0.25) is 5.60 Å². The van der Waals surface area contributed by atoms with Crippen LogP contribution in [0, 0.1) is 0 Å². The van der Waals surface area contributed by atoms with Crippen molar-refractivity contribution in [2.24, 2.45) is 0 Å². The third kappa shape index (κ3) is 3.44. The molecule has 5 heteroatoms. The molecule has 6 rings (SSSR count). The fourth-order valence-corrected chi connectivity index (χ4v) is 4.68. The zero-order valence-corrected chi connectivity index (χ0v) is 19.3. The molecule has 1 atom stereocenters. The van der Waals surface area contributed by atoms with Crippen LogP contribution in [-0.4, -0.2) is 13.1 Å². The first-order chi connectivity index (χ1) is 17.1.